The van der Waals surface area contributed by atoms with Crippen LogP contribution in [0.4, 0.5) is 34.1 Å². The van der Waals surface area contributed by atoms with Gasteiger partial charge in [0.05, 0.1) is 74.0 Å². The molecule has 11 nitrogen and oxygen atoms in total. The predicted molar refractivity (Wildman–Crippen MR) is 460 cm³/mol. The fourth-order valence-electron chi connectivity index (χ4n) is 15.2. The number of fused-ring (bicyclic) bond motifs is 10. The lowest BCUT2D eigenvalue weighted by Crippen LogP contribution is -2.36. The van der Waals surface area contributed by atoms with E-state index in [0.717, 1.165) is 123 Å². The van der Waals surface area contributed by atoms with Crippen LogP contribution in [0.5, 0.6) is 23.0 Å². The van der Waals surface area contributed by atoms with Crippen molar-refractivity contribution in [2.45, 2.75) is 83.0 Å². The molecule has 0 saturated carbocycles. The lowest BCUT2D eigenvalue weighted by molar-refractivity contribution is 0.103. The van der Waals surface area contributed by atoms with Crippen molar-refractivity contribution in [1.82, 2.24) is 19.6 Å². The second-order valence-electron chi connectivity index (χ2n) is 29.3. The highest BCUT2D eigenvalue weighted by Crippen LogP contribution is 2.59. The third-order valence-electron chi connectivity index (χ3n) is 20.7. The Morgan fingerprint density at radius 3 is 0.900 bits per heavy atom. The number of aromatic nitrogens is 4. The van der Waals surface area contributed by atoms with Crippen LogP contribution in [-0.4, -0.2) is 53.8 Å². The molecule has 0 atom stereocenters. The maximum absolute atomic E-state index is 12.0. The lowest BCUT2D eigenvalue weighted by Gasteiger charge is -2.36. The molecule has 548 valence electrons. The minimum absolute atomic E-state index is 0.0303. The molecule has 0 spiro atoms. The minimum Gasteiger partial charge on any atom is -0.497 e. The van der Waals surface area contributed by atoms with Gasteiger partial charge in [-0.2, -0.15) is 10.2 Å². The average molecular weight is 1740 g/mol. The van der Waals surface area contributed by atoms with Gasteiger partial charge >= 0.3 is 0 Å². The van der Waals surface area contributed by atoms with Gasteiger partial charge in [0.15, 0.2) is 5.78 Å². The van der Waals surface area contributed by atoms with Crippen LogP contribution in [0.1, 0.15) is 102 Å². The van der Waals surface area contributed by atoms with Crippen molar-refractivity contribution < 1.29 is 23.7 Å². The van der Waals surface area contributed by atoms with E-state index < -0.39 is 11.1 Å². The molecule has 4 aliphatic heterocycles. The molecule has 0 aliphatic carbocycles. The quantitative estimate of drug-likeness (QED) is 0.109. The first-order chi connectivity index (χ1) is 53.1. The molecule has 12 aromatic carbocycles. The molecule has 17 heteroatoms. The SMILES string of the molecule is CC(C)(C)c1cc2n(n1)C(c1ccc(Br)cc1)(c1ccc(Br)cc1)c1ccccc1-2.COc1ccc2c(c1)Sc1cc(OC)ccc1N2c1ccc(C2(c3ccc(N4c5ccc(OC)cc5Sc5cc(OC)ccc54)cc3)c3ccccc3-c3cc(C(C)(C)C)nn32)cc1.O=C(c1ccc(Br)cc1)c1ccc(Br)cc1. The molecular weight excluding hydrogens is 1660 g/mol. The Morgan fingerprint density at radius 1 is 0.345 bits per heavy atom. The monoisotopic (exact) mass is 1740 g/mol. The third-order valence-corrected chi connectivity index (χ3v) is 25.0. The van der Waals surface area contributed by atoms with Crippen molar-refractivity contribution in [3.63, 3.8) is 0 Å². The highest BCUT2D eigenvalue weighted by atomic mass is 79.9. The first kappa shape index (κ1) is 74.3. The Kier molecular flexibility index (Phi) is 20.1. The summed E-state index contributed by atoms with van der Waals surface area (Å²) in [5, 5.41) is 10.8. The molecule has 110 heavy (non-hydrogen) atoms. The number of carbonyl (C=O) groups is 1. The predicted octanol–water partition coefficient (Wildman–Crippen LogP) is 25.9. The largest absolute Gasteiger partial charge is 0.497 e. The van der Waals surface area contributed by atoms with Crippen molar-refractivity contribution in [2.24, 2.45) is 0 Å². The zero-order valence-corrected chi connectivity index (χ0v) is 70.1. The number of hydrogen-bond donors (Lipinski definition) is 0. The molecule has 0 amide bonds. The summed E-state index contributed by atoms with van der Waals surface area (Å²) in [7, 11) is 6.84. The van der Waals surface area contributed by atoms with E-state index >= 15 is 0 Å². The summed E-state index contributed by atoms with van der Waals surface area (Å²) in [6, 6.07) is 97.3. The fourth-order valence-corrected chi connectivity index (χ4v) is 18.5. The first-order valence-corrected chi connectivity index (χ1v) is 40.8. The van der Waals surface area contributed by atoms with Gasteiger partial charge in [-0.15, -0.1) is 0 Å². The second kappa shape index (κ2) is 29.8. The molecule has 2 aromatic heterocycles. The van der Waals surface area contributed by atoms with Crippen LogP contribution in [0, 0.1) is 0 Å². The average Bonchev–Trinajstić information content (AvgIpc) is 1.54. The van der Waals surface area contributed by atoms with Crippen molar-refractivity contribution in [1.29, 1.82) is 0 Å². The van der Waals surface area contributed by atoms with E-state index in [1.807, 2.05) is 72.8 Å². The van der Waals surface area contributed by atoms with Crippen molar-refractivity contribution in [2.75, 3.05) is 38.2 Å². The molecule has 14 aromatic rings. The van der Waals surface area contributed by atoms with Crippen LogP contribution in [0.3, 0.4) is 0 Å². The molecular formula is C93H76Br4N6O5S2. The Hall–Kier alpha value is -9.85. The van der Waals surface area contributed by atoms with Gasteiger partial charge in [-0.25, -0.2) is 9.36 Å². The summed E-state index contributed by atoms with van der Waals surface area (Å²) in [6.07, 6.45) is 0. The van der Waals surface area contributed by atoms with Crippen molar-refractivity contribution >= 4 is 127 Å². The Bertz CT molecular complexity index is 5480. The zero-order valence-electron chi connectivity index (χ0n) is 62.1. The molecule has 0 bridgehead atoms. The highest BCUT2D eigenvalue weighted by Gasteiger charge is 2.50. The second-order valence-corrected chi connectivity index (χ2v) is 35.2. The summed E-state index contributed by atoms with van der Waals surface area (Å²) < 4.78 is 31.3. The van der Waals surface area contributed by atoms with Crippen LogP contribution in [0.15, 0.2) is 317 Å². The van der Waals surface area contributed by atoms with Crippen LogP contribution in [0.2, 0.25) is 0 Å². The highest BCUT2D eigenvalue weighted by molar-refractivity contribution is 9.11. The number of benzene rings is 12. The van der Waals surface area contributed by atoms with E-state index in [1.165, 1.54) is 39.1 Å². The maximum atomic E-state index is 12.0. The molecule has 18 rings (SSSR count). The van der Waals surface area contributed by atoms with Gasteiger partial charge in [0.25, 0.3) is 0 Å². The van der Waals surface area contributed by atoms with E-state index in [1.54, 1.807) is 52.0 Å². The van der Waals surface area contributed by atoms with Crippen LogP contribution in [0.25, 0.3) is 22.5 Å². The van der Waals surface area contributed by atoms with Crippen molar-refractivity contribution in [3.05, 3.63) is 353 Å². The third kappa shape index (κ3) is 13.3. The molecule has 0 radical (unpaired) electrons. The van der Waals surface area contributed by atoms with Gasteiger partial charge in [0.1, 0.15) is 34.1 Å². The molecule has 6 heterocycles. The minimum atomic E-state index is -0.783. The molecule has 0 unspecified atom stereocenters. The van der Waals surface area contributed by atoms with Crippen molar-refractivity contribution in [3.8, 4) is 45.5 Å². The number of ether oxygens (including phenoxy) is 4. The number of rotatable bonds is 12. The Labute approximate surface area is 684 Å². The van der Waals surface area contributed by atoms with E-state index in [-0.39, 0.29) is 16.6 Å². The normalized spacial score (nSPS) is 13.6. The molecule has 4 aliphatic rings. The number of hydrogen-bond acceptors (Lipinski definition) is 11. The molecule has 0 fully saturated rings. The van der Waals surface area contributed by atoms with Gasteiger partial charge in [-0.1, -0.05) is 226 Å². The fraction of sp³-hybridized carbons (Fsp3) is 0.151. The molecule has 0 N–H and O–H groups in total. The van der Waals surface area contributed by atoms with Gasteiger partial charge in [0.2, 0.25) is 0 Å². The van der Waals surface area contributed by atoms with E-state index in [2.05, 4.69) is 331 Å². The number of halogens is 4. The summed E-state index contributed by atoms with van der Waals surface area (Å²) in [5.41, 5.74) is 20.3. The van der Waals surface area contributed by atoms with Gasteiger partial charge in [-0.05, 0) is 215 Å². The lowest BCUT2D eigenvalue weighted by atomic mass is 9.77. The number of nitrogens with zero attached hydrogens (tertiary/aromatic N) is 6. The number of ketones is 1. The zero-order chi connectivity index (χ0) is 76.5. The van der Waals surface area contributed by atoms with E-state index in [4.69, 9.17) is 29.1 Å². The van der Waals surface area contributed by atoms with E-state index in [0.29, 0.717) is 11.1 Å². The number of methoxy groups -OCH3 is 4. The van der Waals surface area contributed by atoms with Crippen LogP contribution in [-0.2, 0) is 21.9 Å². The van der Waals surface area contributed by atoms with E-state index in [9.17, 15) is 4.79 Å². The maximum Gasteiger partial charge on any atom is 0.193 e. The standard InChI is InChI=1S/C54H46N4O4S2.C26H22Br2N2.C13H8Br2O/c1-53(2,3)52-32-47-41-10-8-9-11-42(41)54(58(47)55-52,33-12-16-35(17-13-33)56-43-24-20-37(59-4)28-48(43)63-49-29-38(60-5)21-25-44(49)56)34-14-18-36(19-15-34)57-45-26-22-39(61-6)30-50(45)64-51-31-40(62-7)23-27-46(51)57;1-25(2,3)24-16-23-21-6-4-5-7-22(21)26(30(23)29-24,17-8-12-19(27)13-9-17)18-10-14-20(28)15-11-18;14-11-5-1-9(2-6-11)13(16)10-3-7-12(15)8-4-10/h8-32H,1-7H3;4-16H,1-3H3;1-8H. The Balaban J connectivity index is 0.000000163. The smallest absolute Gasteiger partial charge is 0.193 e. The van der Waals surface area contributed by atoms with Crippen LogP contribution < -0.4 is 28.7 Å². The topological polar surface area (TPSA) is 96.1 Å². The molecule has 0 saturated heterocycles. The summed E-state index contributed by atoms with van der Waals surface area (Å²) >= 11 is 17.3. The van der Waals surface area contributed by atoms with Crippen LogP contribution >= 0.6 is 87.2 Å². The van der Waals surface area contributed by atoms with Gasteiger partial charge in [-0.3, -0.25) is 4.79 Å². The van der Waals surface area contributed by atoms with Gasteiger partial charge in [0, 0.05) is 81.9 Å². The Morgan fingerprint density at radius 2 is 0.618 bits per heavy atom. The summed E-state index contributed by atoms with van der Waals surface area (Å²) in [5.74, 6) is 3.31. The van der Waals surface area contributed by atoms with Gasteiger partial charge < -0.3 is 28.7 Å². The number of anilines is 6. The summed E-state index contributed by atoms with van der Waals surface area (Å²) in [6.45, 7) is 13.4. The summed E-state index contributed by atoms with van der Waals surface area (Å²) in [4.78, 5) is 21.1. The first-order valence-electron chi connectivity index (χ1n) is 36.0. The number of carbonyl (C=O) groups excluding carboxylic acids is 1.